The van der Waals surface area contributed by atoms with E-state index in [0.29, 0.717) is 32.5 Å². The van der Waals surface area contributed by atoms with Crippen LogP contribution in [0.15, 0.2) is 0 Å². The highest BCUT2D eigenvalue weighted by atomic mass is 16.4. The third-order valence-corrected chi connectivity index (χ3v) is 4.10. The number of amides is 2. The van der Waals surface area contributed by atoms with E-state index in [-0.39, 0.29) is 23.7 Å². The highest BCUT2D eigenvalue weighted by Gasteiger charge is 2.36. The second-order valence-corrected chi connectivity index (χ2v) is 5.89. The van der Waals surface area contributed by atoms with Gasteiger partial charge in [0.05, 0.1) is 5.92 Å². The van der Waals surface area contributed by atoms with Gasteiger partial charge in [0, 0.05) is 32.0 Å². The zero-order valence-corrected chi connectivity index (χ0v) is 11.8. The van der Waals surface area contributed by atoms with E-state index in [1.165, 1.54) is 0 Å². The molecule has 2 fully saturated rings. The van der Waals surface area contributed by atoms with Gasteiger partial charge in [0.25, 0.3) is 0 Å². The number of likely N-dealkylation sites (tertiary alicyclic amines) is 1. The fourth-order valence-electron chi connectivity index (χ4n) is 2.59. The molecule has 6 nitrogen and oxygen atoms in total. The number of carboxylic acids is 1. The van der Waals surface area contributed by atoms with Crippen LogP contribution in [0.2, 0.25) is 0 Å². The Kier molecular flexibility index (Phi) is 4.62. The summed E-state index contributed by atoms with van der Waals surface area (Å²) in [5, 5.41) is 11.9. The van der Waals surface area contributed by atoms with E-state index in [4.69, 9.17) is 5.11 Å². The van der Waals surface area contributed by atoms with Crippen molar-refractivity contribution in [2.75, 3.05) is 19.6 Å². The molecular weight excluding hydrogens is 260 g/mol. The quantitative estimate of drug-likeness (QED) is 0.693. The van der Waals surface area contributed by atoms with Crippen molar-refractivity contribution in [2.24, 2.45) is 17.8 Å². The van der Waals surface area contributed by atoms with Crippen molar-refractivity contribution in [1.82, 2.24) is 10.2 Å². The second kappa shape index (κ2) is 6.24. The van der Waals surface area contributed by atoms with Crippen molar-refractivity contribution in [3.8, 4) is 0 Å². The number of nitrogens with one attached hydrogen (secondary N) is 1. The third-order valence-electron chi connectivity index (χ3n) is 4.10. The standard InChI is InChI=1S/C14H22N2O4/c1-9-7-16(8-11(9)14(19)20)12(17)3-2-6-15-13(18)10-4-5-10/h9-11H,2-8H2,1H3,(H,15,18)(H,19,20)/t9-,11-/m1/s1. The van der Waals surface area contributed by atoms with Gasteiger partial charge < -0.3 is 15.3 Å². The van der Waals surface area contributed by atoms with Gasteiger partial charge in [0.15, 0.2) is 0 Å². The first-order valence-electron chi connectivity index (χ1n) is 7.27. The molecule has 6 heteroatoms. The molecule has 20 heavy (non-hydrogen) atoms. The molecule has 2 atom stereocenters. The lowest BCUT2D eigenvalue weighted by molar-refractivity contribution is -0.142. The number of hydrogen-bond donors (Lipinski definition) is 2. The number of rotatable bonds is 6. The molecule has 1 heterocycles. The molecule has 1 saturated carbocycles. The molecule has 2 N–H and O–H groups in total. The monoisotopic (exact) mass is 282 g/mol. The third kappa shape index (κ3) is 3.71. The first kappa shape index (κ1) is 14.8. The largest absolute Gasteiger partial charge is 0.481 e. The van der Waals surface area contributed by atoms with Gasteiger partial charge in [-0.25, -0.2) is 0 Å². The predicted molar refractivity (Wildman–Crippen MR) is 71.8 cm³/mol. The molecule has 0 spiro atoms. The van der Waals surface area contributed by atoms with Crippen LogP contribution in [0.25, 0.3) is 0 Å². The summed E-state index contributed by atoms with van der Waals surface area (Å²) in [6.45, 7) is 3.21. The summed E-state index contributed by atoms with van der Waals surface area (Å²) in [4.78, 5) is 36.0. The van der Waals surface area contributed by atoms with E-state index in [1.54, 1.807) is 4.90 Å². The maximum atomic E-state index is 12.0. The number of carbonyl (C=O) groups is 3. The van der Waals surface area contributed by atoms with Gasteiger partial charge in [-0.05, 0) is 25.2 Å². The Morgan fingerprint density at radius 2 is 1.95 bits per heavy atom. The average Bonchev–Trinajstić information content (AvgIpc) is 3.16. The number of nitrogens with zero attached hydrogens (tertiary/aromatic N) is 1. The summed E-state index contributed by atoms with van der Waals surface area (Å²) in [6.07, 6.45) is 2.93. The molecule has 1 aliphatic heterocycles. The summed E-state index contributed by atoms with van der Waals surface area (Å²) in [7, 11) is 0. The van der Waals surface area contributed by atoms with Crippen molar-refractivity contribution in [3.63, 3.8) is 0 Å². The topological polar surface area (TPSA) is 86.7 Å². The van der Waals surface area contributed by atoms with Gasteiger partial charge in [-0.1, -0.05) is 6.92 Å². The van der Waals surface area contributed by atoms with E-state index < -0.39 is 11.9 Å². The van der Waals surface area contributed by atoms with Crippen LogP contribution in [0.4, 0.5) is 0 Å². The second-order valence-electron chi connectivity index (χ2n) is 5.89. The zero-order chi connectivity index (χ0) is 14.7. The van der Waals surface area contributed by atoms with Gasteiger partial charge in [0.2, 0.25) is 11.8 Å². The van der Waals surface area contributed by atoms with Crippen molar-refractivity contribution < 1.29 is 19.5 Å². The molecule has 2 aliphatic rings. The molecule has 2 amide bonds. The fraction of sp³-hybridized carbons (Fsp3) is 0.786. The van der Waals surface area contributed by atoms with Crippen molar-refractivity contribution in [3.05, 3.63) is 0 Å². The minimum atomic E-state index is -0.829. The molecule has 0 aromatic carbocycles. The normalized spacial score (nSPS) is 25.6. The van der Waals surface area contributed by atoms with E-state index in [2.05, 4.69) is 5.32 Å². The molecular formula is C14H22N2O4. The SMILES string of the molecule is C[C@@H]1CN(C(=O)CCCNC(=O)C2CC2)C[C@H]1C(=O)O. The minimum absolute atomic E-state index is 0.00557. The fourth-order valence-corrected chi connectivity index (χ4v) is 2.59. The number of carboxylic acid groups (broad SMARTS) is 1. The molecule has 112 valence electrons. The van der Waals surface area contributed by atoms with Crippen molar-refractivity contribution in [2.45, 2.75) is 32.6 Å². The van der Waals surface area contributed by atoms with Gasteiger partial charge in [-0.3, -0.25) is 14.4 Å². The average molecular weight is 282 g/mol. The zero-order valence-electron chi connectivity index (χ0n) is 11.8. The lowest BCUT2D eigenvalue weighted by Gasteiger charge is -2.15. The summed E-state index contributed by atoms with van der Waals surface area (Å²) >= 11 is 0. The molecule has 2 rings (SSSR count). The van der Waals surface area contributed by atoms with Crippen LogP contribution in [0.3, 0.4) is 0 Å². The molecule has 0 aromatic heterocycles. The van der Waals surface area contributed by atoms with Gasteiger partial charge in [-0.2, -0.15) is 0 Å². The first-order valence-corrected chi connectivity index (χ1v) is 7.27. The van der Waals surface area contributed by atoms with Crippen LogP contribution in [-0.2, 0) is 14.4 Å². The smallest absolute Gasteiger partial charge is 0.308 e. The lowest BCUT2D eigenvalue weighted by Crippen LogP contribution is -2.31. The Hall–Kier alpha value is -1.59. The summed E-state index contributed by atoms with van der Waals surface area (Å²) < 4.78 is 0. The lowest BCUT2D eigenvalue weighted by atomic mass is 9.99. The summed E-state index contributed by atoms with van der Waals surface area (Å²) in [6, 6.07) is 0. The van der Waals surface area contributed by atoms with Crippen molar-refractivity contribution >= 4 is 17.8 Å². The molecule has 0 radical (unpaired) electrons. The Morgan fingerprint density at radius 1 is 1.25 bits per heavy atom. The Labute approximate surface area is 118 Å². The first-order chi connectivity index (χ1) is 9.49. The predicted octanol–water partition coefficient (Wildman–Crippen LogP) is 0.472. The number of hydrogen-bond acceptors (Lipinski definition) is 3. The summed E-state index contributed by atoms with van der Waals surface area (Å²) in [5.41, 5.74) is 0. The maximum absolute atomic E-state index is 12.0. The van der Waals surface area contributed by atoms with Crippen LogP contribution >= 0.6 is 0 Å². The van der Waals surface area contributed by atoms with E-state index in [1.807, 2.05) is 6.92 Å². The number of aliphatic carboxylic acids is 1. The van der Waals surface area contributed by atoms with Gasteiger partial charge in [0.1, 0.15) is 0 Å². The molecule has 0 aromatic rings. The van der Waals surface area contributed by atoms with Crippen LogP contribution in [-0.4, -0.2) is 47.4 Å². The van der Waals surface area contributed by atoms with E-state index in [9.17, 15) is 14.4 Å². The molecule has 1 saturated heterocycles. The number of carbonyl (C=O) groups excluding carboxylic acids is 2. The Bertz CT molecular complexity index is 406. The molecule has 0 unspecified atom stereocenters. The van der Waals surface area contributed by atoms with Crippen LogP contribution in [0.1, 0.15) is 32.6 Å². The molecule has 1 aliphatic carbocycles. The van der Waals surface area contributed by atoms with Crippen LogP contribution in [0, 0.1) is 17.8 Å². The maximum Gasteiger partial charge on any atom is 0.308 e. The highest BCUT2D eigenvalue weighted by molar-refractivity contribution is 5.81. The van der Waals surface area contributed by atoms with Crippen LogP contribution < -0.4 is 5.32 Å². The highest BCUT2D eigenvalue weighted by Crippen LogP contribution is 2.28. The molecule has 0 bridgehead atoms. The van der Waals surface area contributed by atoms with Gasteiger partial charge in [-0.15, -0.1) is 0 Å². The Balaban J connectivity index is 1.65. The summed E-state index contributed by atoms with van der Waals surface area (Å²) in [5.74, 6) is -0.995. The van der Waals surface area contributed by atoms with E-state index in [0.717, 1.165) is 12.8 Å². The van der Waals surface area contributed by atoms with Crippen LogP contribution in [0.5, 0.6) is 0 Å². The Morgan fingerprint density at radius 3 is 2.50 bits per heavy atom. The van der Waals surface area contributed by atoms with Gasteiger partial charge >= 0.3 is 5.97 Å². The minimum Gasteiger partial charge on any atom is -0.481 e. The van der Waals surface area contributed by atoms with E-state index >= 15 is 0 Å². The van der Waals surface area contributed by atoms with Crippen molar-refractivity contribution in [1.29, 1.82) is 0 Å².